The molecule has 3 aromatic rings. The van der Waals surface area contributed by atoms with Crippen molar-refractivity contribution in [1.29, 1.82) is 0 Å². The minimum absolute atomic E-state index is 0.0907. The van der Waals surface area contributed by atoms with Crippen molar-refractivity contribution in [2.45, 2.75) is 35.3 Å². The minimum atomic E-state index is -4.48. The molecule has 0 unspecified atom stereocenters. The van der Waals surface area contributed by atoms with E-state index in [1.165, 1.54) is 23.9 Å². The largest absolute Gasteiger partial charge is 0.416 e. The predicted octanol–water partition coefficient (Wildman–Crippen LogP) is 5.18. The summed E-state index contributed by atoms with van der Waals surface area (Å²) in [5.41, 5.74) is 0.00234. The Balaban J connectivity index is 1.59. The Morgan fingerprint density at radius 1 is 1.13 bits per heavy atom. The summed E-state index contributed by atoms with van der Waals surface area (Å²) in [4.78, 5) is 13.1. The van der Waals surface area contributed by atoms with Crippen LogP contribution in [0, 0.1) is 0 Å². The number of rotatable bonds is 6. The number of benzene rings is 2. The number of hydrogen-bond acceptors (Lipinski definition) is 4. The average Bonchev–Trinajstić information content (AvgIpc) is 3.49. The van der Waals surface area contributed by atoms with Gasteiger partial charge in [0.1, 0.15) is 11.1 Å². The van der Waals surface area contributed by atoms with E-state index in [0.717, 1.165) is 36.4 Å². The normalized spacial score (nSPS) is 15.1. The summed E-state index contributed by atoms with van der Waals surface area (Å²) < 4.78 is 40.9. The van der Waals surface area contributed by atoms with Gasteiger partial charge in [0.2, 0.25) is 5.91 Å². The third kappa shape index (κ3) is 4.51. The smallest absolute Gasteiger partial charge is 0.325 e. The molecule has 1 amide bonds. The Labute approximate surface area is 175 Å². The number of anilines is 1. The molecule has 0 radical (unpaired) electrons. The van der Waals surface area contributed by atoms with Crippen molar-refractivity contribution in [3.8, 4) is 0 Å². The van der Waals surface area contributed by atoms with Gasteiger partial charge in [-0.1, -0.05) is 48.2 Å². The zero-order chi connectivity index (χ0) is 21.3. The molecule has 0 spiro atoms. The molecule has 0 bridgehead atoms. The summed E-state index contributed by atoms with van der Waals surface area (Å²) in [5, 5.41) is 11.0. The van der Waals surface area contributed by atoms with Crippen LogP contribution in [0.15, 0.2) is 59.8 Å². The predicted molar refractivity (Wildman–Crippen MR) is 108 cm³/mol. The van der Waals surface area contributed by atoms with Gasteiger partial charge < -0.3 is 9.88 Å². The third-order valence-corrected chi connectivity index (χ3v) is 6.12. The van der Waals surface area contributed by atoms with Gasteiger partial charge in [-0.25, -0.2) is 0 Å². The Morgan fingerprint density at radius 3 is 2.53 bits per heavy atom. The van der Waals surface area contributed by atoms with Crippen LogP contribution in [-0.2, 0) is 18.0 Å². The van der Waals surface area contributed by atoms with E-state index in [0.29, 0.717) is 11.1 Å². The van der Waals surface area contributed by atoms with E-state index in [9.17, 15) is 18.0 Å². The third-order valence-electron chi connectivity index (χ3n) is 4.83. The molecule has 5 nitrogen and oxygen atoms in total. The lowest BCUT2D eigenvalue weighted by atomic mass is 10.1. The highest BCUT2D eigenvalue weighted by Crippen LogP contribution is 2.41. The number of carbonyl (C=O) groups is 1. The first kappa shape index (κ1) is 20.5. The van der Waals surface area contributed by atoms with E-state index >= 15 is 0 Å². The molecule has 2 aromatic carbocycles. The highest BCUT2D eigenvalue weighted by molar-refractivity contribution is 8.00. The maximum Gasteiger partial charge on any atom is 0.416 e. The van der Waals surface area contributed by atoms with Gasteiger partial charge in [0.05, 0.1) is 5.56 Å². The molecule has 1 heterocycles. The molecule has 1 saturated carbocycles. The van der Waals surface area contributed by atoms with Gasteiger partial charge in [0.15, 0.2) is 5.16 Å². The van der Waals surface area contributed by atoms with Crippen molar-refractivity contribution < 1.29 is 18.0 Å². The molecule has 9 heteroatoms. The van der Waals surface area contributed by atoms with E-state index in [1.54, 1.807) is 0 Å². The molecular formula is C21H19F3N4OS. The summed E-state index contributed by atoms with van der Waals surface area (Å²) in [6, 6.07) is 13.7. The number of nitrogens with zero attached hydrogens (tertiary/aromatic N) is 3. The van der Waals surface area contributed by atoms with Gasteiger partial charge in [-0.15, -0.1) is 10.2 Å². The summed E-state index contributed by atoms with van der Waals surface area (Å²) in [6.07, 6.45) is -2.32. The molecule has 0 saturated heterocycles. The van der Waals surface area contributed by atoms with Crippen LogP contribution in [0.1, 0.15) is 41.0 Å². The highest BCUT2D eigenvalue weighted by Gasteiger charge is 2.32. The second-order valence-corrected chi connectivity index (χ2v) is 8.22. The number of alkyl halides is 3. The first-order chi connectivity index (χ1) is 14.3. The van der Waals surface area contributed by atoms with Gasteiger partial charge in [-0.3, -0.25) is 4.79 Å². The number of thioether (sulfide) groups is 1. The lowest BCUT2D eigenvalue weighted by Gasteiger charge is -2.17. The van der Waals surface area contributed by atoms with Gasteiger partial charge in [-0.05, 0) is 36.6 Å². The molecule has 1 aromatic heterocycles. The van der Waals surface area contributed by atoms with Crippen LogP contribution in [0.25, 0.3) is 0 Å². The lowest BCUT2D eigenvalue weighted by molar-refractivity contribution is -0.137. The average molecular weight is 432 g/mol. The van der Waals surface area contributed by atoms with Crippen LogP contribution in [0.4, 0.5) is 18.9 Å². The van der Waals surface area contributed by atoms with Gasteiger partial charge in [0, 0.05) is 18.7 Å². The van der Waals surface area contributed by atoms with Crippen molar-refractivity contribution in [3.63, 3.8) is 0 Å². The zero-order valence-corrected chi connectivity index (χ0v) is 16.9. The van der Waals surface area contributed by atoms with Crippen LogP contribution in [0.3, 0.4) is 0 Å². The summed E-state index contributed by atoms with van der Waals surface area (Å²) in [6.45, 7) is 0. The zero-order valence-electron chi connectivity index (χ0n) is 16.1. The molecule has 1 atom stereocenters. The number of aromatic nitrogens is 3. The monoisotopic (exact) mass is 432 g/mol. The molecule has 1 aliphatic carbocycles. The van der Waals surface area contributed by atoms with Crippen molar-refractivity contribution in [2.75, 3.05) is 5.32 Å². The first-order valence-electron chi connectivity index (χ1n) is 9.42. The fourth-order valence-electron chi connectivity index (χ4n) is 3.11. The number of hydrogen-bond donors (Lipinski definition) is 1. The van der Waals surface area contributed by atoms with Crippen LogP contribution in [0.2, 0.25) is 0 Å². The molecule has 1 fully saturated rings. The Bertz CT molecular complexity index is 1050. The van der Waals surface area contributed by atoms with E-state index in [2.05, 4.69) is 15.5 Å². The summed E-state index contributed by atoms with van der Waals surface area (Å²) in [7, 11) is 1.86. The maximum absolute atomic E-state index is 13.1. The van der Waals surface area contributed by atoms with Crippen molar-refractivity contribution in [1.82, 2.24) is 14.8 Å². The van der Waals surface area contributed by atoms with Gasteiger partial charge in [-0.2, -0.15) is 13.2 Å². The highest BCUT2D eigenvalue weighted by atomic mass is 32.2. The van der Waals surface area contributed by atoms with Crippen molar-refractivity contribution in [3.05, 3.63) is 71.5 Å². The molecule has 4 rings (SSSR count). The maximum atomic E-state index is 13.1. The van der Waals surface area contributed by atoms with Crippen LogP contribution >= 0.6 is 11.8 Å². The molecule has 0 aliphatic heterocycles. The number of carbonyl (C=O) groups excluding carboxylic acids is 1. The standard InChI is InChI=1S/C21H19F3N4OS/c1-28-18(14-10-11-14)26-27-20(28)30-17(13-6-3-2-4-7-13)19(29)25-16-9-5-8-15(12-16)21(22,23)24/h2-9,12,14,17H,10-11H2,1H3,(H,25,29)/t17-/m1/s1. The molecule has 30 heavy (non-hydrogen) atoms. The summed E-state index contributed by atoms with van der Waals surface area (Å²) >= 11 is 1.23. The van der Waals surface area contributed by atoms with E-state index in [-0.39, 0.29) is 5.69 Å². The van der Waals surface area contributed by atoms with E-state index < -0.39 is 22.9 Å². The Kier molecular flexibility index (Phi) is 5.55. The molecule has 1 N–H and O–H groups in total. The fraction of sp³-hybridized carbons (Fsp3) is 0.286. The molecule has 1 aliphatic rings. The van der Waals surface area contributed by atoms with Crippen LogP contribution < -0.4 is 5.32 Å². The fourth-order valence-corrected chi connectivity index (χ4v) is 4.12. The van der Waals surface area contributed by atoms with Gasteiger partial charge >= 0.3 is 6.18 Å². The number of nitrogens with one attached hydrogen (secondary N) is 1. The van der Waals surface area contributed by atoms with E-state index in [1.807, 2.05) is 41.9 Å². The molecular weight excluding hydrogens is 413 g/mol. The quantitative estimate of drug-likeness (QED) is 0.545. The first-order valence-corrected chi connectivity index (χ1v) is 10.3. The number of halogens is 3. The molecule has 156 valence electrons. The number of amides is 1. The lowest BCUT2D eigenvalue weighted by Crippen LogP contribution is -2.20. The summed E-state index contributed by atoms with van der Waals surface area (Å²) in [5.74, 6) is 0.870. The van der Waals surface area contributed by atoms with Crippen molar-refractivity contribution >= 4 is 23.4 Å². The van der Waals surface area contributed by atoms with Crippen LogP contribution in [-0.4, -0.2) is 20.7 Å². The second-order valence-electron chi connectivity index (χ2n) is 7.15. The Morgan fingerprint density at radius 2 is 1.87 bits per heavy atom. The second kappa shape index (κ2) is 8.14. The topological polar surface area (TPSA) is 59.8 Å². The SMILES string of the molecule is Cn1c(S[C@@H](C(=O)Nc2cccc(C(F)(F)F)c2)c2ccccc2)nnc1C1CC1. The van der Waals surface area contributed by atoms with Crippen molar-refractivity contribution in [2.24, 2.45) is 7.05 Å². The Hall–Kier alpha value is -2.81. The van der Waals surface area contributed by atoms with E-state index in [4.69, 9.17) is 0 Å². The minimum Gasteiger partial charge on any atom is -0.325 e. The van der Waals surface area contributed by atoms with Crippen LogP contribution in [0.5, 0.6) is 0 Å². The van der Waals surface area contributed by atoms with Gasteiger partial charge in [0.25, 0.3) is 0 Å².